The SMILES string of the molecule is CCS(=O)(=O)CCNC(=O)CCC(CCN)C(C)C. The van der Waals surface area contributed by atoms with Gasteiger partial charge in [0.25, 0.3) is 0 Å². The van der Waals surface area contributed by atoms with Gasteiger partial charge in [0.1, 0.15) is 0 Å². The van der Waals surface area contributed by atoms with E-state index in [-0.39, 0.29) is 24.0 Å². The van der Waals surface area contributed by atoms with Gasteiger partial charge in [-0.2, -0.15) is 0 Å². The molecular weight excluding hydrogens is 264 g/mol. The van der Waals surface area contributed by atoms with Crippen LogP contribution < -0.4 is 11.1 Å². The Kier molecular flexibility index (Phi) is 9.01. The largest absolute Gasteiger partial charge is 0.355 e. The van der Waals surface area contributed by atoms with Crippen molar-refractivity contribution in [2.75, 3.05) is 24.6 Å². The van der Waals surface area contributed by atoms with E-state index in [4.69, 9.17) is 5.73 Å². The maximum atomic E-state index is 11.6. The summed E-state index contributed by atoms with van der Waals surface area (Å²) >= 11 is 0. The minimum atomic E-state index is -3.00. The average molecular weight is 292 g/mol. The molecule has 5 nitrogen and oxygen atoms in total. The molecule has 0 spiro atoms. The molecule has 0 aromatic rings. The Hall–Kier alpha value is -0.620. The molecule has 0 aromatic carbocycles. The first-order valence-corrected chi connectivity index (χ1v) is 8.81. The van der Waals surface area contributed by atoms with Gasteiger partial charge < -0.3 is 11.1 Å². The van der Waals surface area contributed by atoms with E-state index >= 15 is 0 Å². The highest BCUT2D eigenvalue weighted by molar-refractivity contribution is 7.91. The maximum Gasteiger partial charge on any atom is 0.220 e. The molecule has 0 saturated heterocycles. The van der Waals surface area contributed by atoms with E-state index in [1.54, 1.807) is 6.92 Å². The number of sulfone groups is 1. The van der Waals surface area contributed by atoms with Crippen molar-refractivity contribution in [3.05, 3.63) is 0 Å². The molecule has 1 atom stereocenters. The Bertz CT molecular complexity index is 353. The molecule has 0 rings (SSSR count). The molecule has 1 amide bonds. The van der Waals surface area contributed by atoms with E-state index in [9.17, 15) is 13.2 Å². The molecular formula is C13H28N2O3S. The quantitative estimate of drug-likeness (QED) is 0.627. The fraction of sp³-hybridized carbons (Fsp3) is 0.923. The topological polar surface area (TPSA) is 89.3 Å². The third-order valence-corrected chi connectivity index (χ3v) is 5.10. The summed E-state index contributed by atoms with van der Waals surface area (Å²) in [7, 11) is -3.00. The molecule has 114 valence electrons. The molecule has 6 heteroatoms. The fourth-order valence-corrected chi connectivity index (χ4v) is 2.62. The molecule has 0 aromatic heterocycles. The summed E-state index contributed by atoms with van der Waals surface area (Å²) in [4.78, 5) is 11.6. The first-order chi connectivity index (χ1) is 8.82. The molecule has 19 heavy (non-hydrogen) atoms. The van der Waals surface area contributed by atoms with Crippen LogP contribution in [0.15, 0.2) is 0 Å². The Labute approximate surface area is 117 Å². The van der Waals surface area contributed by atoms with Gasteiger partial charge in [-0.15, -0.1) is 0 Å². The van der Waals surface area contributed by atoms with Gasteiger partial charge in [0.05, 0.1) is 5.75 Å². The standard InChI is InChI=1S/C13H28N2O3S/c1-4-19(17,18)10-9-15-13(16)6-5-12(7-8-14)11(2)3/h11-12H,4-10,14H2,1-3H3,(H,15,16). The van der Waals surface area contributed by atoms with Gasteiger partial charge in [-0.1, -0.05) is 20.8 Å². The van der Waals surface area contributed by atoms with Crippen LogP contribution in [0.5, 0.6) is 0 Å². The monoisotopic (exact) mass is 292 g/mol. The van der Waals surface area contributed by atoms with Crippen molar-refractivity contribution in [2.45, 2.75) is 40.0 Å². The summed E-state index contributed by atoms with van der Waals surface area (Å²) in [6, 6.07) is 0. The van der Waals surface area contributed by atoms with Crippen molar-refractivity contribution in [1.29, 1.82) is 0 Å². The molecule has 3 N–H and O–H groups in total. The normalized spacial score (nSPS) is 13.5. The minimum Gasteiger partial charge on any atom is -0.355 e. The van der Waals surface area contributed by atoms with Crippen LogP contribution in [-0.4, -0.2) is 38.9 Å². The lowest BCUT2D eigenvalue weighted by Crippen LogP contribution is -2.30. The number of amides is 1. The smallest absolute Gasteiger partial charge is 0.220 e. The lowest BCUT2D eigenvalue weighted by molar-refractivity contribution is -0.121. The summed E-state index contributed by atoms with van der Waals surface area (Å²) in [5.41, 5.74) is 5.55. The molecule has 0 heterocycles. The van der Waals surface area contributed by atoms with Gasteiger partial charge >= 0.3 is 0 Å². The van der Waals surface area contributed by atoms with Crippen molar-refractivity contribution in [3.63, 3.8) is 0 Å². The Morgan fingerprint density at radius 1 is 1.26 bits per heavy atom. The Morgan fingerprint density at radius 3 is 2.37 bits per heavy atom. The van der Waals surface area contributed by atoms with Crippen molar-refractivity contribution >= 4 is 15.7 Å². The molecule has 0 aliphatic rings. The summed E-state index contributed by atoms with van der Waals surface area (Å²) in [5, 5.41) is 2.66. The van der Waals surface area contributed by atoms with E-state index in [0.29, 0.717) is 24.8 Å². The highest BCUT2D eigenvalue weighted by atomic mass is 32.2. The van der Waals surface area contributed by atoms with E-state index in [0.717, 1.165) is 12.8 Å². The van der Waals surface area contributed by atoms with Crippen LogP contribution in [0.3, 0.4) is 0 Å². The van der Waals surface area contributed by atoms with Crippen LogP contribution in [0, 0.1) is 11.8 Å². The molecule has 0 aliphatic carbocycles. The van der Waals surface area contributed by atoms with Crippen LogP contribution in [0.25, 0.3) is 0 Å². The second kappa shape index (κ2) is 9.31. The number of rotatable bonds is 10. The molecule has 0 radical (unpaired) electrons. The Morgan fingerprint density at radius 2 is 1.89 bits per heavy atom. The molecule has 1 unspecified atom stereocenters. The van der Waals surface area contributed by atoms with Gasteiger partial charge in [-0.3, -0.25) is 4.79 Å². The van der Waals surface area contributed by atoms with E-state index in [2.05, 4.69) is 19.2 Å². The third kappa shape index (κ3) is 8.99. The second-order valence-corrected chi connectivity index (χ2v) is 7.68. The van der Waals surface area contributed by atoms with Crippen LogP contribution in [0.4, 0.5) is 0 Å². The maximum absolute atomic E-state index is 11.6. The van der Waals surface area contributed by atoms with Crippen LogP contribution in [0.1, 0.15) is 40.0 Å². The van der Waals surface area contributed by atoms with Crippen molar-refractivity contribution in [2.24, 2.45) is 17.6 Å². The third-order valence-electron chi connectivity index (χ3n) is 3.40. The number of carbonyl (C=O) groups is 1. The van der Waals surface area contributed by atoms with Crippen LogP contribution in [-0.2, 0) is 14.6 Å². The fourth-order valence-electron chi connectivity index (χ4n) is 1.92. The van der Waals surface area contributed by atoms with Crippen LogP contribution >= 0.6 is 0 Å². The number of carbonyl (C=O) groups excluding carboxylic acids is 1. The van der Waals surface area contributed by atoms with Crippen LogP contribution in [0.2, 0.25) is 0 Å². The second-order valence-electron chi connectivity index (χ2n) is 5.21. The zero-order chi connectivity index (χ0) is 14.9. The number of hydrogen-bond acceptors (Lipinski definition) is 4. The zero-order valence-electron chi connectivity index (χ0n) is 12.3. The van der Waals surface area contributed by atoms with E-state index < -0.39 is 9.84 Å². The van der Waals surface area contributed by atoms with Gasteiger partial charge in [-0.05, 0) is 31.2 Å². The summed E-state index contributed by atoms with van der Waals surface area (Å²) in [6.45, 7) is 6.72. The predicted molar refractivity (Wildman–Crippen MR) is 78.6 cm³/mol. The minimum absolute atomic E-state index is 0.0195. The molecule has 0 bridgehead atoms. The summed E-state index contributed by atoms with van der Waals surface area (Å²) < 4.78 is 22.5. The Balaban J connectivity index is 3.92. The molecule has 0 aliphatic heterocycles. The lowest BCUT2D eigenvalue weighted by atomic mass is 9.88. The van der Waals surface area contributed by atoms with Crippen molar-refractivity contribution in [3.8, 4) is 0 Å². The van der Waals surface area contributed by atoms with Gasteiger partial charge in [-0.25, -0.2) is 8.42 Å². The first kappa shape index (κ1) is 18.4. The lowest BCUT2D eigenvalue weighted by Gasteiger charge is -2.19. The van der Waals surface area contributed by atoms with Crippen molar-refractivity contribution < 1.29 is 13.2 Å². The van der Waals surface area contributed by atoms with Crippen molar-refractivity contribution in [1.82, 2.24) is 5.32 Å². The van der Waals surface area contributed by atoms with E-state index in [1.807, 2.05) is 0 Å². The first-order valence-electron chi connectivity index (χ1n) is 6.99. The van der Waals surface area contributed by atoms with Gasteiger partial charge in [0, 0.05) is 18.7 Å². The highest BCUT2D eigenvalue weighted by Gasteiger charge is 2.14. The zero-order valence-corrected chi connectivity index (χ0v) is 13.1. The summed E-state index contributed by atoms with van der Waals surface area (Å²) in [6.07, 6.45) is 2.17. The van der Waals surface area contributed by atoms with E-state index in [1.165, 1.54) is 0 Å². The number of hydrogen-bond donors (Lipinski definition) is 2. The predicted octanol–water partition coefficient (Wildman–Crippen LogP) is 0.939. The van der Waals surface area contributed by atoms with Gasteiger partial charge in [0.15, 0.2) is 9.84 Å². The molecule has 0 saturated carbocycles. The number of nitrogens with one attached hydrogen (secondary N) is 1. The molecule has 0 fully saturated rings. The highest BCUT2D eigenvalue weighted by Crippen LogP contribution is 2.20. The number of nitrogens with two attached hydrogens (primary N) is 1. The summed E-state index contributed by atoms with van der Waals surface area (Å²) in [5.74, 6) is 1.03. The van der Waals surface area contributed by atoms with Gasteiger partial charge in [0.2, 0.25) is 5.91 Å². The average Bonchev–Trinajstić information content (AvgIpc) is 2.33.